The Morgan fingerprint density at radius 1 is 0.960 bits per heavy atom. The van der Waals surface area contributed by atoms with Crippen LogP contribution in [-0.4, -0.2) is 43.2 Å². The highest BCUT2D eigenvalue weighted by atomic mass is 15.3. The fraction of sp³-hybridized carbons (Fsp3) is 0.455. The SMILES string of the molecule is Cc1ccccc1N1CCN(C(C)C2CCc3ccccc3N2)CC1. The molecule has 3 heteroatoms. The molecular formula is C22H29N3. The van der Waals surface area contributed by atoms with Crippen LogP contribution in [0.1, 0.15) is 24.5 Å². The molecule has 1 N–H and O–H groups in total. The lowest BCUT2D eigenvalue weighted by Crippen LogP contribution is -2.54. The summed E-state index contributed by atoms with van der Waals surface area (Å²) in [5.74, 6) is 0. The largest absolute Gasteiger partial charge is 0.381 e. The normalized spacial score (nSPS) is 22.2. The molecule has 3 nitrogen and oxygen atoms in total. The molecule has 4 rings (SSSR count). The zero-order valence-corrected chi connectivity index (χ0v) is 15.4. The molecule has 0 radical (unpaired) electrons. The van der Waals surface area contributed by atoms with Crippen LogP contribution >= 0.6 is 0 Å². The molecule has 0 spiro atoms. The maximum Gasteiger partial charge on any atom is 0.0417 e. The highest BCUT2D eigenvalue weighted by molar-refractivity contribution is 5.54. The second kappa shape index (κ2) is 7.09. The molecule has 0 aromatic heterocycles. The van der Waals surface area contributed by atoms with Crippen molar-refractivity contribution in [2.24, 2.45) is 0 Å². The van der Waals surface area contributed by atoms with Crippen LogP contribution in [-0.2, 0) is 6.42 Å². The van der Waals surface area contributed by atoms with Crippen molar-refractivity contribution in [2.45, 2.75) is 38.8 Å². The molecule has 0 amide bonds. The van der Waals surface area contributed by atoms with Gasteiger partial charge in [-0.05, 0) is 49.9 Å². The van der Waals surface area contributed by atoms with Gasteiger partial charge >= 0.3 is 0 Å². The number of piperazine rings is 1. The summed E-state index contributed by atoms with van der Waals surface area (Å²) in [6, 6.07) is 18.7. The van der Waals surface area contributed by atoms with Crippen molar-refractivity contribution in [3.63, 3.8) is 0 Å². The maximum atomic E-state index is 3.79. The molecular weight excluding hydrogens is 306 g/mol. The molecule has 1 saturated heterocycles. The van der Waals surface area contributed by atoms with E-state index in [4.69, 9.17) is 0 Å². The van der Waals surface area contributed by atoms with E-state index in [-0.39, 0.29) is 0 Å². The lowest BCUT2D eigenvalue weighted by Gasteiger charge is -2.43. The summed E-state index contributed by atoms with van der Waals surface area (Å²) < 4.78 is 0. The molecule has 2 aromatic carbocycles. The fourth-order valence-electron chi connectivity index (χ4n) is 4.37. The van der Waals surface area contributed by atoms with Gasteiger partial charge in [-0.15, -0.1) is 0 Å². The highest BCUT2D eigenvalue weighted by Crippen LogP contribution is 2.28. The van der Waals surface area contributed by atoms with Crippen molar-refractivity contribution in [3.8, 4) is 0 Å². The van der Waals surface area contributed by atoms with E-state index < -0.39 is 0 Å². The van der Waals surface area contributed by atoms with E-state index in [0.29, 0.717) is 12.1 Å². The number of rotatable bonds is 3. The minimum absolute atomic E-state index is 0.555. The van der Waals surface area contributed by atoms with Crippen molar-refractivity contribution >= 4 is 11.4 Å². The van der Waals surface area contributed by atoms with Gasteiger partial charge in [0.15, 0.2) is 0 Å². The molecule has 2 atom stereocenters. The van der Waals surface area contributed by atoms with Crippen molar-refractivity contribution in [1.29, 1.82) is 0 Å². The van der Waals surface area contributed by atoms with Crippen LogP contribution in [0.25, 0.3) is 0 Å². The summed E-state index contributed by atoms with van der Waals surface area (Å²) in [4.78, 5) is 5.21. The first kappa shape index (κ1) is 16.5. The number of nitrogens with one attached hydrogen (secondary N) is 1. The first-order valence-corrected chi connectivity index (χ1v) is 9.61. The summed E-state index contributed by atoms with van der Waals surface area (Å²) in [6.45, 7) is 9.16. The summed E-state index contributed by atoms with van der Waals surface area (Å²) in [6.07, 6.45) is 2.43. The van der Waals surface area contributed by atoms with E-state index in [1.54, 1.807) is 0 Å². The van der Waals surface area contributed by atoms with Gasteiger partial charge in [-0.25, -0.2) is 0 Å². The van der Waals surface area contributed by atoms with Gasteiger partial charge < -0.3 is 10.2 Å². The van der Waals surface area contributed by atoms with Crippen LogP contribution < -0.4 is 10.2 Å². The number of benzene rings is 2. The van der Waals surface area contributed by atoms with Crippen molar-refractivity contribution in [2.75, 3.05) is 36.4 Å². The van der Waals surface area contributed by atoms with Gasteiger partial charge in [-0.1, -0.05) is 36.4 Å². The second-order valence-corrected chi connectivity index (χ2v) is 7.50. The van der Waals surface area contributed by atoms with Crippen LogP contribution in [0.5, 0.6) is 0 Å². The Bertz CT molecular complexity index is 719. The molecule has 1 fully saturated rings. The smallest absolute Gasteiger partial charge is 0.0417 e. The molecule has 2 aliphatic rings. The number of anilines is 2. The first-order chi connectivity index (χ1) is 12.2. The zero-order chi connectivity index (χ0) is 17.2. The van der Waals surface area contributed by atoms with E-state index in [1.807, 2.05) is 0 Å². The Hall–Kier alpha value is -2.00. The lowest BCUT2D eigenvalue weighted by molar-refractivity contribution is 0.175. The van der Waals surface area contributed by atoms with E-state index in [1.165, 1.54) is 35.3 Å². The number of nitrogens with zero attached hydrogens (tertiary/aromatic N) is 2. The molecule has 132 valence electrons. The lowest BCUT2D eigenvalue weighted by atomic mass is 9.93. The van der Waals surface area contributed by atoms with Crippen LogP contribution in [0, 0.1) is 6.92 Å². The Kier molecular flexibility index (Phi) is 4.67. The molecule has 0 bridgehead atoms. The first-order valence-electron chi connectivity index (χ1n) is 9.61. The summed E-state index contributed by atoms with van der Waals surface area (Å²) >= 11 is 0. The number of hydrogen-bond acceptors (Lipinski definition) is 3. The minimum Gasteiger partial charge on any atom is -0.381 e. The predicted octanol–water partition coefficient (Wildman–Crippen LogP) is 3.93. The average Bonchev–Trinajstić information content (AvgIpc) is 2.67. The van der Waals surface area contributed by atoms with Crippen molar-refractivity contribution < 1.29 is 0 Å². The number of hydrogen-bond donors (Lipinski definition) is 1. The Labute approximate surface area is 151 Å². The van der Waals surface area contributed by atoms with Crippen molar-refractivity contribution in [3.05, 3.63) is 59.7 Å². The Balaban J connectivity index is 1.37. The van der Waals surface area contributed by atoms with E-state index in [9.17, 15) is 0 Å². The number of aryl methyl sites for hydroxylation is 2. The molecule has 2 unspecified atom stereocenters. The third kappa shape index (κ3) is 3.38. The quantitative estimate of drug-likeness (QED) is 0.917. The van der Waals surface area contributed by atoms with Gasteiger partial charge in [-0.3, -0.25) is 4.90 Å². The summed E-state index contributed by atoms with van der Waals surface area (Å²) in [7, 11) is 0. The third-order valence-electron chi connectivity index (χ3n) is 6.01. The average molecular weight is 335 g/mol. The van der Waals surface area contributed by atoms with E-state index >= 15 is 0 Å². The van der Waals surface area contributed by atoms with E-state index in [2.05, 4.69) is 77.5 Å². The van der Waals surface area contributed by atoms with Crippen LogP contribution in [0.3, 0.4) is 0 Å². The molecule has 2 heterocycles. The van der Waals surface area contributed by atoms with Gasteiger partial charge in [0.2, 0.25) is 0 Å². The number of para-hydroxylation sites is 2. The van der Waals surface area contributed by atoms with Gasteiger partial charge in [0.25, 0.3) is 0 Å². The minimum atomic E-state index is 0.555. The third-order valence-corrected chi connectivity index (χ3v) is 6.01. The molecule has 2 aliphatic heterocycles. The monoisotopic (exact) mass is 335 g/mol. The molecule has 0 aliphatic carbocycles. The zero-order valence-electron chi connectivity index (χ0n) is 15.4. The second-order valence-electron chi connectivity index (χ2n) is 7.50. The van der Waals surface area contributed by atoms with E-state index in [0.717, 1.165) is 26.2 Å². The summed E-state index contributed by atoms with van der Waals surface area (Å²) in [5, 5.41) is 3.79. The van der Waals surface area contributed by atoms with Crippen LogP contribution in [0.2, 0.25) is 0 Å². The molecule has 0 saturated carbocycles. The molecule has 2 aromatic rings. The topological polar surface area (TPSA) is 18.5 Å². The molecule has 25 heavy (non-hydrogen) atoms. The fourth-order valence-corrected chi connectivity index (χ4v) is 4.37. The van der Waals surface area contributed by atoms with Crippen LogP contribution in [0.15, 0.2) is 48.5 Å². The van der Waals surface area contributed by atoms with Gasteiger partial charge in [0, 0.05) is 49.6 Å². The standard InChI is InChI=1S/C22H29N3/c1-17-7-3-6-10-22(17)25-15-13-24(14-16-25)18(2)20-12-11-19-8-4-5-9-21(19)23-20/h3-10,18,20,23H,11-16H2,1-2H3. The van der Waals surface area contributed by atoms with Gasteiger partial charge in [-0.2, -0.15) is 0 Å². The highest BCUT2D eigenvalue weighted by Gasteiger charge is 2.29. The maximum absolute atomic E-state index is 3.79. The number of fused-ring (bicyclic) bond motifs is 1. The Morgan fingerprint density at radius 3 is 2.48 bits per heavy atom. The predicted molar refractivity (Wildman–Crippen MR) is 107 cm³/mol. The summed E-state index contributed by atoms with van der Waals surface area (Å²) in [5.41, 5.74) is 5.59. The van der Waals surface area contributed by atoms with Gasteiger partial charge in [0.05, 0.1) is 0 Å². The Morgan fingerprint density at radius 2 is 1.68 bits per heavy atom. The van der Waals surface area contributed by atoms with Crippen LogP contribution in [0.4, 0.5) is 11.4 Å². The van der Waals surface area contributed by atoms with Gasteiger partial charge in [0.1, 0.15) is 0 Å². The van der Waals surface area contributed by atoms with Crippen molar-refractivity contribution in [1.82, 2.24) is 4.90 Å².